The van der Waals surface area contributed by atoms with Crippen LogP contribution in [0.4, 0.5) is 5.69 Å². The van der Waals surface area contributed by atoms with Crippen LogP contribution in [0.3, 0.4) is 0 Å². The van der Waals surface area contributed by atoms with Crippen molar-refractivity contribution in [1.82, 2.24) is 0 Å². The topological polar surface area (TPSA) is 56.8 Å². The lowest BCUT2D eigenvalue weighted by atomic mass is 10.0. The van der Waals surface area contributed by atoms with Crippen LogP contribution in [0.5, 0.6) is 17.2 Å². The molecule has 0 aliphatic heterocycles. The van der Waals surface area contributed by atoms with Gasteiger partial charge in [-0.25, -0.2) is 0 Å². The van der Waals surface area contributed by atoms with E-state index in [9.17, 15) is 4.79 Å². The van der Waals surface area contributed by atoms with Crippen molar-refractivity contribution < 1.29 is 19.0 Å². The van der Waals surface area contributed by atoms with Gasteiger partial charge in [0.05, 0.1) is 21.3 Å². The molecule has 0 atom stereocenters. The third-order valence-corrected chi connectivity index (χ3v) is 3.82. The molecule has 0 spiro atoms. The molecule has 0 radical (unpaired) electrons. The number of methoxy groups -OCH3 is 3. The van der Waals surface area contributed by atoms with Gasteiger partial charge in [0.25, 0.3) is 0 Å². The van der Waals surface area contributed by atoms with Crippen LogP contribution in [0.1, 0.15) is 16.7 Å². The number of hydrogen-bond acceptors (Lipinski definition) is 4. The zero-order chi connectivity index (χ0) is 18.4. The Morgan fingerprint density at radius 3 is 1.80 bits per heavy atom. The Balaban J connectivity index is 2.17. The first-order chi connectivity index (χ1) is 12.0. The first-order valence-corrected chi connectivity index (χ1v) is 7.84. The zero-order valence-corrected chi connectivity index (χ0v) is 15.2. The van der Waals surface area contributed by atoms with Crippen molar-refractivity contribution in [3.05, 3.63) is 53.1 Å². The first-order valence-electron chi connectivity index (χ1n) is 7.84. The van der Waals surface area contributed by atoms with Gasteiger partial charge in [-0.05, 0) is 48.7 Å². The highest BCUT2D eigenvalue weighted by Crippen LogP contribution is 2.26. The van der Waals surface area contributed by atoms with Gasteiger partial charge in [0.1, 0.15) is 17.2 Å². The fourth-order valence-electron chi connectivity index (χ4n) is 2.54. The van der Waals surface area contributed by atoms with Gasteiger partial charge in [-0.2, -0.15) is 0 Å². The molecule has 0 fully saturated rings. The van der Waals surface area contributed by atoms with Gasteiger partial charge in [0.15, 0.2) is 0 Å². The van der Waals surface area contributed by atoms with Gasteiger partial charge in [0, 0.05) is 30.0 Å². The van der Waals surface area contributed by atoms with Crippen LogP contribution in [0.2, 0.25) is 0 Å². The van der Waals surface area contributed by atoms with E-state index in [2.05, 4.69) is 5.32 Å². The Kier molecular flexibility index (Phi) is 6.06. The Bertz CT molecular complexity index is 751. The minimum Gasteiger partial charge on any atom is -0.497 e. The van der Waals surface area contributed by atoms with E-state index in [0.717, 1.165) is 22.4 Å². The minimum absolute atomic E-state index is 0.232. The van der Waals surface area contributed by atoms with E-state index in [1.807, 2.05) is 26.0 Å². The van der Waals surface area contributed by atoms with Crippen molar-refractivity contribution in [2.45, 2.75) is 13.8 Å². The molecule has 0 heterocycles. The highest BCUT2D eigenvalue weighted by molar-refractivity contribution is 6.02. The molecule has 25 heavy (non-hydrogen) atoms. The zero-order valence-electron chi connectivity index (χ0n) is 15.2. The molecule has 1 amide bonds. The summed E-state index contributed by atoms with van der Waals surface area (Å²) >= 11 is 0. The number of carbonyl (C=O) groups is 1. The van der Waals surface area contributed by atoms with Crippen LogP contribution in [-0.2, 0) is 4.79 Å². The summed E-state index contributed by atoms with van der Waals surface area (Å²) in [6.07, 6.45) is 3.31. The fourth-order valence-corrected chi connectivity index (χ4v) is 2.54. The second kappa shape index (κ2) is 8.24. The number of carbonyl (C=O) groups excluding carboxylic acids is 1. The molecule has 0 aliphatic rings. The first kappa shape index (κ1) is 18.4. The molecule has 5 nitrogen and oxygen atoms in total. The number of rotatable bonds is 6. The molecule has 0 bridgehead atoms. The number of hydrogen-bond donors (Lipinski definition) is 1. The quantitative estimate of drug-likeness (QED) is 0.808. The molecule has 132 valence electrons. The molecule has 0 saturated heterocycles. The van der Waals surface area contributed by atoms with E-state index < -0.39 is 0 Å². The normalized spacial score (nSPS) is 10.6. The number of benzene rings is 2. The SMILES string of the molecule is COc1cc(NC(=O)/C=C/c2c(C)cc(OC)cc2C)cc(OC)c1. The largest absolute Gasteiger partial charge is 0.497 e. The summed E-state index contributed by atoms with van der Waals surface area (Å²) in [6.45, 7) is 3.97. The molecule has 2 aromatic carbocycles. The van der Waals surface area contributed by atoms with E-state index in [-0.39, 0.29) is 5.91 Å². The monoisotopic (exact) mass is 341 g/mol. The lowest BCUT2D eigenvalue weighted by molar-refractivity contribution is -0.111. The molecule has 1 N–H and O–H groups in total. The van der Waals surface area contributed by atoms with Crippen molar-refractivity contribution >= 4 is 17.7 Å². The third-order valence-electron chi connectivity index (χ3n) is 3.82. The molecule has 2 rings (SSSR count). The molecule has 5 heteroatoms. The highest BCUT2D eigenvalue weighted by Gasteiger charge is 2.06. The van der Waals surface area contributed by atoms with Gasteiger partial charge in [0.2, 0.25) is 5.91 Å². The molecule has 0 saturated carbocycles. The van der Waals surface area contributed by atoms with E-state index in [1.54, 1.807) is 45.6 Å². The number of amides is 1. The second-order valence-corrected chi connectivity index (χ2v) is 5.60. The van der Waals surface area contributed by atoms with Gasteiger partial charge in [-0.1, -0.05) is 0 Å². The summed E-state index contributed by atoms with van der Waals surface area (Å²) in [6, 6.07) is 9.10. The van der Waals surface area contributed by atoms with Crippen LogP contribution in [0.15, 0.2) is 36.4 Å². The average molecular weight is 341 g/mol. The molecule has 0 aliphatic carbocycles. The van der Waals surface area contributed by atoms with Crippen molar-refractivity contribution in [3.63, 3.8) is 0 Å². The third kappa shape index (κ3) is 4.76. The lowest BCUT2D eigenvalue weighted by Gasteiger charge is -2.10. The van der Waals surface area contributed by atoms with E-state index >= 15 is 0 Å². The van der Waals surface area contributed by atoms with E-state index in [0.29, 0.717) is 17.2 Å². The maximum Gasteiger partial charge on any atom is 0.248 e. The highest BCUT2D eigenvalue weighted by atomic mass is 16.5. The average Bonchev–Trinajstić information content (AvgIpc) is 2.60. The van der Waals surface area contributed by atoms with Crippen LogP contribution < -0.4 is 19.5 Å². The van der Waals surface area contributed by atoms with Crippen molar-refractivity contribution in [1.29, 1.82) is 0 Å². The molecule has 0 unspecified atom stereocenters. The van der Waals surface area contributed by atoms with Gasteiger partial charge in [-0.15, -0.1) is 0 Å². The van der Waals surface area contributed by atoms with Crippen molar-refractivity contribution in [3.8, 4) is 17.2 Å². The Morgan fingerprint density at radius 1 is 0.840 bits per heavy atom. The second-order valence-electron chi connectivity index (χ2n) is 5.60. The van der Waals surface area contributed by atoms with Crippen molar-refractivity contribution in [2.75, 3.05) is 26.6 Å². The smallest absolute Gasteiger partial charge is 0.248 e. The molecular formula is C20H23NO4. The number of nitrogens with one attached hydrogen (secondary N) is 1. The predicted octanol–water partition coefficient (Wildman–Crippen LogP) is 3.98. The van der Waals surface area contributed by atoms with Gasteiger partial charge < -0.3 is 19.5 Å². The number of ether oxygens (including phenoxy) is 3. The van der Waals surface area contributed by atoms with Crippen LogP contribution in [-0.4, -0.2) is 27.2 Å². The predicted molar refractivity (Wildman–Crippen MR) is 99.7 cm³/mol. The Hall–Kier alpha value is -2.95. The lowest BCUT2D eigenvalue weighted by Crippen LogP contribution is -2.08. The van der Waals surface area contributed by atoms with Gasteiger partial charge >= 0.3 is 0 Å². The van der Waals surface area contributed by atoms with Crippen LogP contribution in [0.25, 0.3) is 6.08 Å². The van der Waals surface area contributed by atoms with E-state index in [4.69, 9.17) is 14.2 Å². The maximum atomic E-state index is 12.2. The standard InChI is InChI=1S/C20H23NO4/c1-13-8-16(23-3)9-14(2)19(13)6-7-20(22)21-15-10-17(24-4)12-18(11-15)25-5/h6-12H,1-5H3,(H,21,22)/b7-6+. The Labute approximate surface area is 148 Å². The summed E-state index contributed by atoms with van der Waals surface area (Å²) in [5, 5.41) is 2.81. The molecular weight excluding hydrogens is 318 g/mol. The van der Waals surface area contributed by atoms with Gasteiger partial charge in [-0.3, -0.25) is 4.79 Å². The fraction of sp³-hybridized carbons (Fsp3) is 0.250. The minimum atomic E-state index is -0.232. The number of aryl methyl sites for hydroxylation is 2. The van der Waals surface area contributed by atoms with Crippen LogP contribution >= 0.6 is 0 Å². The summed E-state index contributed by atoms with van der Waals surface area (Å²) in [7, 11) is 4.77. The summed E-state index contributed by atoms with van der Waals surface area (Å²) < 4.78 is 15.7. The summed E-state index contributed by atoms with van der Waals surface area (Å²) in [4.78, 5) is 12.2. The Morgan fingerprint density at radius 2 is 1.32 bits per heavy atom. The summed E-state index contributed by atoms with van der Waals surface area (Å²) in [5.41, 5.74) is 3.70. The maximum absolute atomic E-state index is 12.2. The number of anilines is 1. The van der Waals surface area contributed by atoms with E-state index in [1.165, 1.54) is 6.08 Å². The molecule has 2 aromatic rings. The summed E-state index contributed by atoms with van der Waals surface area (Å²) in [5.74, 6) is 1.80. The molecule has 0 aromatic heterocycles. The van der Waals surface area contributed by atoms with Crippen LogP contribution in [0, 0.1) is 13.8 Å². The van der Waals surface area contributed by atoms with Crippen molar-refractivity contribution in [2.24, 2.45) is 0 Å².